The van der Waals surface area contributed by atoms with Crippen LogP contribution in [0.15, 0.2) is 46.1 Å². The molecule has 0 aliphatic carbocycles. The molecule has 0 amide bonds. The maximum absolute atomic E-state index is 12.6. The Hall–Kier alpha value is -2.88. The summed E-state index contributed by atoms with van der Waals surface area (Å²) in [7, 11) is 0. The predicted molar refractivity (Wildman–Crippen MR) is 83.4 cm³/mol. The molecule has 0 spiro atoms. The van der Waals surface area contributed by atoms with Crippen LogP contribution in [0.3, 0.4) is 0 Å². The number of nitrogens with one attached hydrogen (secondary N) is 1. The summed E-state index contributed by atoms with van der Waals surface area (Å²) >= 11 is 0. The first-order valence-electron chi connectivity index (χ1n) is 6.60. The number of aryl methyl sites for hydroxylation is 1. The molecule has 1 aromatic heterocycles. The second kappa shape index (κ2) is 3.82. The van der Waals surface area contributed by atoms with Crippen molar-refractivity contribution in [2.75, 3.05) is 0 Å². The molecule has 102 valence electrons. The highest BCUT2D eigenvalue weighted by atomic mass is 16.3. The second-order valence-corrected chi connectivity index (χ2v) is 5.30. The van der Waals surface area contributed by atoms with Crippen molar-refractivity contribution in [3.63, 3.8) is 0 Å². The summed E-state index contributed by atoms with van der Waals surface area (Å²) in [6, 6.07) is 8.04. The van der Waals surface area contributed by atoms with E-state index in [9.17, 15) is 14.7 Å². The van der Waals surface area contributed by atoms with Crippen LogP contribution in [0.4, 0.5) is 0 Å². The lowest BCUT2D eigenvalue weighted by molar-refractivity contribution is 0.472. The van der Waals surface area contributed by atoms with Gasteiger partial charge in [-0.3, -0.25) is 9.59 Å². The van der Waals surface area contributed by atoms with Crippen LogP contribution in [0.25, 0.3) is 32.4 Å². The topological polar surface area (TPSA) is 70.2 Å². The van der Waals surface area contributed by atoms with E-state index in [4.69, 9.17) is 0 Å². The standard InChI is InChI=1S/C17H11NO3/c1-8-4-11-10-2-3-18-14-6-9(19)5-13(16(10)14)17(21)12(11)7-15(8)20/h2-7,18,20H,1H3. The number of H-pyrrole nitrogens is 1. The number of benzene rings is 3. The fourth-order valence-corrected chi connectivity index (χ4v) is 2.97. The van der Waals surface area contributed by atoms with E-state index in [-0.39, 0.29) is 16.6 Å². The molecule has 21 heavy (non-hydrogen) atoms. The number of hydrogen-bond acceptors (Lipinski definition) is 3. The zero-order chi connectivity index (χ0) is 14.7. The average Bonchev–Trinajstić information content (AvgIpc) is 2.46. The van der Waals surface area contributed by atoms with Crippen LogP contribution < -0.4 is 10.9 Å². The first-order chi connectivity index (χ1) is 10.1. The summed E-state index contributed by atoms with van der Waals surface area (Å²) in [6.07, 6.45) is 1.75. The van der Waals surface area contributed by atoms with E-state index in [0.717, 1.165) is 16.2 Å². The number of aromatic amines is 1. The van der Waals surface area contributed by atoms with Gasteiger partial charge in [-0.2, -0.15) is 0 Å². The summed E-state index contributed by atoms with van der Waals surface area (Å²) in [5, 5.41) is 13.1. The molecule has 2 N–H and O–H groups in total. The van der Waals surface area contributed by atoms with E-state index in [2.05, 4.69) is 4.98 Å². The van der Waals surface area contributed by atoms with Gasteiger partial charge in [0.15, 0.2) is 10.9 Å². The molecule has 1 heterocycles. The van der Waals surface area contributed by atoms with Crippen LogP contribution in [0.2, 0.25) is 0 Å². The third-order valence-electron chi connectivity index (χ3n) is 3.99. The van der Waals surface area contributed by atoms with E-state index in [1.807, 2.05) is 12.1 Å². The van der Waals surface area contributed by atoms with Crippen molar-refractivity contribution >= 4 is 32.4 Å². The number of rotatable bonds is 0. The number of phenols is 1. The van der Waals surface area contributed by atoms with E-state index in [1.54, 1.807) is 13.1 Å². The minimum absolute atomic E-state index is 0.0857. The maximum Gasteiger partial charge on any atom is 0.194 e. The normalized spacial score (nSPS) is 11.7. The van der Waals surface area contributed by atoms with Crippen molar-refractivity contribution in [2.45, 2.75) is 6.92 Å². The van der Waals surface area contributed by atoms with Crippen molar-refractivity contribution in [1.82, 2.24) is 4.98 Å². The lowest BCUT2D eigenvalue weighted by Crippen LogP contribution is -2.08. The summed E-state index contributed by atoms with van der Waals surface area (Å²) in [6.45, 7) is 1.79. The minimum atomic E-state index is -0.227. The molecule has 4 heteroatoms. The molecule has 4 nitrogen and oxygen atoms in total. The van der Waals surface area contributed by atoms with E-state index >= 15 is 0 Å². The SMILES string of the molecule is Cc1cc2c(cc1O)c(=O)c1cc(=O)cc3[nH]ccc2c31. The van der Waals surface area contributed by atoms with Crippen molar-refractivity contribution in [3.05, 3.63) is 62.5 Å². The van der Waals surface area contributed by atoms with Gasteiger partial charge >= 0.3 is 0 Å². The second-order valence-electron chi connectivity index (χ2n) is 5.30. The molecule has 4 aromatic rings. The Balaban J connectivity index is 2.47. The minimum Gasteiger partial charge on any atom is -0.508 e. The molecule has 0 aliphatic heterocycles. The van der Waals surface area contributed by atoms with Crippen LogP contribution in [0.1, 0.15) is 5.56 Å². The Morgan fingerprint density at radius 2 is 1.76 bits per heavy atom. The number of pyridine rings is 1. The van der Waals surface area contributed by atoms with Gasteiger partial charge in [-0.05, 0) is 47.5 Å². The highest BCUT2D eigenvalue weighted by Gasteiger charge is 2.14. The van der Waals surface area contributed by atoms with Gasteiger partial charge in [-0.15, -0.1) is 0 Å². The first-order valence-corrected chi connectivity index (χ1v) is 6.60. The number of aromatic hydroxyl groups is 1. The van der Waals surface area contributed by atoms with Gasteiger partial charge in [0.25, 0.3) is 0 Å². The van der Waals surface area contributed by atoms with Crippen LogP contribution in [0.5, 0.6) is 5.75 Å². The molecular formula is C17H11NO3. The van der Waals surface area contributed by atoms with E-state index in [1.165, 1.54) is 18.2 Å². The van der Waals surface area contributed by atoms with Gasteiger partial charge in [0.1, 0.15) is 5.75 Å². The Kier molecular flexibility index (Phi) is 2.17. The van der Waals surface area contributed by atoms with Crippen molar-refractivity contribution in [2.24, 2.45) is 0 Å². The van der Waals surface area contributed by atoms with Gasteiger partial charge in [-0.1, -0.05) is 0 Å². The molecule has 0 aliphatic rings. The van der Waals surface area contributed by atoms with Gasteiger partial charge in [0.05, 0.1) is 5.52 Å². The third kappa shape index (κ3) is 1.50. The largest absolute Gasteiger partial charge is 0.508 e. The Labute approximate surface area is 118 Å². The third-order valence-corrected chi connectivity index (χ3v) is 3.99. The fourth-order valence-electron chi connectivity index (χ4n) is 2.97. The van der Waals surface area contributed by atoms with Crippen LogP contribution in [-0.2, 0) is 0 Å². The molecule has 0 bridgehead atoms. The lowest BCUT2D eigenvalue weighted by Gasteiger charge is -2.09. The van der Waals surface area contributed by atoms with Crippen molar-refractivity contribution in [3.8, 4) is 5.75 Å². The zero-order valence-electron chi connectivity index (χ0n) is 11.2. The summed E-state index contributed by atoms with van der Waals surface area (Å²) in [4.78, 5) is 27.4. The van der Waals surface area contributed by atoms with Gasteiger partial charge in [-0.25, -0.2) is 0 Å². The van der Waals surface area contributed by atoms with Gasteiger partial charge in [0, 0.05) is 28.4 Å². The molecule has 0 unspecified atom stereocenters. The monoisotopic (exact) mass is 277 g/mol. The maximum atomic E-state index is 12.6. The molecule has 4 rings (SSSR count). The fraction of sp³-hybridized carbons (Fsp3) is 0.0588. The van der Waals surface area contributed by atoms with Crippen LogP contribution in [-0.4, -0.2) is 10.1 Å². The lowest BCUT2D eigenvalue weighted by atomic mass is 9.95. The van der Waals surface area contributed by atoms with E-state index < -0.39 is 0 Å². The number of fused-ring (bicyclic) bond motifs is 2. The quantitative estimate of drug-likeness (QED) is 0.383. The first kappa shape index (κ1) is 11.9. The van der Waals surface area contributed by atoms with Crippen LogP contribution >= 0.6 is 0 Å². The van der Waals surface area contributed by atoms with Crippen LogP contribution in [0, 0.1) is 6.92 Å². The number of hydrogen-bond donors (Lipinski definition) is 2. The molecule has 0 saturated heterocycles. The molecule has 3 aromatic carbocycles. The molecule has 0 fully saturated rings. The number of aromatic nitrogens is 1. The highest BCUT2D eigenvalue weighted by Crippen LogP contribution is 2.31. The number of phenolic OH excluding ortho intramolecular Hbond substituents is 1. The summed E-state index contributed by atoms with van der Waals surface area (Å²) < 4.78 is 0. The molecule has 0 atom stereocenters. The molecule has 0 saturated carbocycles. The van der Waals surface area contributed by atoms with Gasteiger partial charge in [0.2, 0.25) is 0 Å². The molecular weight excluding hydrogens is 266 g/mol. The Morgan fingerprint density at radius 1 is 0.952 bits per heavy atom. The Bertz CT molecular complexity index is 1140. The predicted octanol–water partition coefficient (Wildman–Crippen LogP) is 2.65. The van der Waals surface area contributed by atoms with Crippen molar-refractivity contribution < 1.29 is 5.11 Å². The average molecular weight is 277 g/mol. The summed E-state index contributed by atoms with van der Waals surface area (Å²) in [5.74, 6) is 0.0857. The smallest absolute Gasteiger partial charge is 0.194 e. The summed E-state index contributed by atoms with van der Waals surface area (Å²) in [5.41, 5.74) is 0.931. The Morgan fingerprint density at radius 3 is 2.57 bits per heavy atom. The highest BCUT2D eigenvalue weighted by molar-refractivity contribution is 6.20. The van der Waals surface area contributed by atoms with Crippen molar-refractivity contribution in [1.29, 1.82) is 0 Å². The molecule has 0 radical (unpaired) electrons. The van der Waals surface area contributed by atoms with E-state index in [0.29, 0.717) is 21.9 Å². The zero-order valence-corrected chi connectivity index (χ0v) is 11.2. The van der Waals surface area contributed by atoms with Gasteiger partial charge < -0.3 is 10.1 Å².